The van der Waals surface area contributed by atoms with Crippen molar-refractivity contribution >= 4 is 23.3 Å². The highest BCUT2D eigenvalue weighted by atomic mass is 32.1. The summed E-state index contributed by atoms with van der Waals surface area (Å²) in [5.74, 6) is 0.821. The van der Waals surface area contributed by atoms with E-state index in [1.54, 1.807) is 19.3 Å². The van der Waals surface area contributed by atoms with Gasteiger partial charge in [0, 0.05) is 36.8 Å². The molecule has 3 heterocycles. The normalized spacial score (nSPS) is 33.9. The van der Waals surface area contributed by atoms with Crippen molar-refractivity contribution in [2.45, 2.75) is 57.1 Å². The Morgan fingerprint density at radius 3 is 2.71 bits per heavy atom. The fourth-order valence-electron chi connectivity index (χ4n) is 7.18. The van der Waals surface area contributed by atoms with Crippen molar-refractivity contribution in [3.05, 3.63) is 39.1 Å². The van der Waals surface area contributed by atoms with Crippen LogP contribution in [-0.4, -0.2) is 39.1 Å². The van der Waals surface area contributed by atoms with Crippen molar-refractivity contribution in [2.75, 3.05) is 6.54 Å². The van der Waals surface area contributed by atoms with Crippen molar-refractivity contribution in [3.8, 4) is 11.3 Å². The number of pyridine rings is 1. The number of thiazole rings is 1. The van der Waals surface area contributed by atoms with E-state index in [9.17, 15) is 14.4 Å². The van der Waals surface area contributed by atoms with Crippen molar-refractivity contribution in [3.63, 3.8) is 0 Å². The molecule has 8 nitrogen and oxygen atoms in total. The molecular weight excluding hydrogens is 452 g/mol. The molecule has 0 spiro atoms. The van der Waals surface area contributed by atoms with E-state index < -0.39 is 0 Å². The molecule has 0 aromatic carbocycles. The van der Waals surface area contributed by atoms with Gasteiger partial charge in [0.2, 0.25) is 5.91 Å². The van der Waals surface area contributed by atoms with Crippen molar-refractivity contribution < 1.29 is 14.3 Å². The number of aromatic nitrogens is 2. The van der Waals surface area contributed by atoms with Gasteiger partial charge in [0.1, 0.15) is 11.1 Å². The summed E-state index contributed by atoms with van der Waals surface area (Å²) in [5, 5.41) is 2.83. The summed E-state index contributed by atoms with van der Waals surface area (Å²) in [5.41, 5.74) is 6.89. The van der Waals surface area contributed by atoms with Gasteiger partial charge in [-0.15, -0.1) is 11.3 Å². The molecule has 4 saturated carbocycles. The molecule has 2 amide bonds. The van der Waals surface area contributed by atoms with Crippen LogP contribution in [0.15, 0.2) is 28.5 Å². The molecule has 2 N–H and O–H groups in total. The Balaban J connectivity index is 1.18. The highest BCUT2D eigenvalue weighted by Gasteiger charge is 2.59. The van der Waals surface area contributed by atoms with E-state index in [0.29, 0.717) is 12.5 Å². The smallest absolute Gasteiger partial charge is 0.410 e. The molecule has 7 rings (SSSR count). The van der Waals surface area contributed by atoms with Gasteiger partial charge in [-0.05, 0) is 68.8 Å². The number of primary amides is 1. The van der Waals surface area contributed by atoms with Crippen LogP contribution in [-0.2, 0) is 16.6 Å². The third kappa shape index (κ3) is 3.47. The Bertz CT molecular complexity index is 1190. The minimum Gasteiger partial charge on any atom is -0.445 e. The monoisotopic (exact) mass is 482 g/mol. The first-order chi connectivity index (χ1) is 16.3. The molecule has 2 unspecified atom stereocenters. The van der Waals surface area contributed by atoms with Crippen LogP contribution in [0.25, 0.3) is 11.3 Å². The van der Waals surface area contributed by atoms with Crippen LogP contribution in [0, 0.1) is 23.2 Å². The molecule has 180 valence electrons. The number of carbonyl (C=O) groups is 2. The molecule has 5 aliphatic rings. The van der Waals surface area contributed by atoms with Gasteiger partial charge >= 0.3 is 6.09 Å². The zero-order valence-electron chi connectivity index (χ0n) is 19.3. The van der Waals surface area contributed by atoms with Gasteiger partial charge < -0.3 is 15.0 Å². The van der Waals surface area contributed by atoms with E-state index in [0.717, 1.165) is 61.2 Å². The number of hydrogen-bond donors (Lipinski definition) is 1. The Kier molecular flexibility index (Phi) is 5.09. The zero-order chi connectivity index (χ0) is 23.6. The van der Waals surface area contributed by atoms with E-state index in [4.69, 9.17) is 15.5 Å². The van der Waals surface area contributed by atoms with Gasteiger partial charge in [0.25, 0.3) is 5.56 Å². The highest BCUT2D eigenvalue weighted by molar-refractivity contribution is 7.10. The predicted molar refractivity (Wildman–Crippen MR) is 127 cm³/mol. The van der Waals surface area contributed by atoms with Crippen LogP contribution in [0.2, 0.25) is 0 Å². The van der Waals surface area contributed by atoms with E-state index in [1.807, 2.05) is 16.3 Å². The minimum atomic E-state index is -0.384. The summed E-state index contributed by atoms with van der Waals surface area (Å²) in [6.07, 6.45) is 7.58. The lowest BCUT2D eigenvalue weighted by molar-refractivity contribution is -0.161. The fourth-order valence-corrected chi connectivity index (χ4v) is 8.15. The Labute approximate surface area is 202 Å². The Morgan fingerprint density at radius 1 is 1.24 bits per heavy atom. The van der Waals surface area contributed by atoms with E-state index >= 15 is 0 Å². The number of nitrogens with zero attached hydrogens (tertiary/aromatic N) is 3. The standard InChI is InChI=1S/C25H30N4O4S/c1-28-6-4-15(9-20(28)30)18-13-34-22(27-18)19-3-2-5-29(19)24(32)33-21-16-7-14-8-17(21)12-25(10-14,11-16)23(26)31/h4,6,9,13-14,16-17,19,21H,2-3,5,7-8,10-12H2,1H3,(H2,26,31)/t14?,16?,17?,19-,21-,25-/m1/s1. The second-order valence-electron chi connectivity index (χ2n) is 10.7. The van der Waals surface area contributed by atoms with Crippen LogP contribution in [0.5, 0.6) is 0 Å². The molecule has 3 atom stereocenters. The number of aryl methyl sites for hydroxylation is 1. The molecule has 2 aromatic rings. The van der Waals surface area contributed by atoms with Gasteiger partial charge in [0.05, 0.1) is 17.2 Å². The van der Waals surface area contributed by atoms with E-state index in [1.165, 1.54) is 15.9 Å². The fraction of sp³-hybridized carbons (Fsp3) is 0.600. The Hall–Kier alpha value is -2.68. The molecule has 0 radical (unpaired) electrons. The highest BCUT2D eigenvalue weighted by Crippen LogP contribution is 2.60. The largest absolute Gasteiger partial charge is 0.445 e. The average Bonchev–Trinajstić information content (AvgIpc) is 3.47. The summed E-state index contributed by atoms with van der Waals surface area (Å²) >= 11 is 1.52. The zero-order valence-corrected chi connectivity index (χ0v) is 20.1. The maximum absolute atomic E-state index is 13.3. The number of nitrogens with two attached hydrogens (primary N) is 1. The summed E-state index contributed by atoms with van der Waals surface area (Å²) in [6.45, 7) is 0.653. The van der Waals surface area contributed by atoms with Crippen LogP contribution in [0.3, 0.4) is 0 Å². The van der Waals surface area contributed by atoms with Gasteiger partial charge in [-0.1, -0.05) is 0 Å². The maximum Gasteiger partial charge on any atom is 0.410 e. The topological polar surface area (TPSA) is 108 Å². The van der Waals surface area contributed by atoms with Crippen LogP contribution in [0.1, 0.15) is 56.0 Å². The summed E-state index contributed by atoms with van der Waals surface area (Å²) in [7, 11) is 1.72. The third-order valence-corrected chi connectivity index (χ3v) is 9.59. The molecule has 2 aromatic heterocycles. The first kappa shape index (κ1) is 21.8. The molecule has 9 heteroatoms. The van der Waals surface area contributed by atoms with Crippen molar-refractivity contribution in [2.24, 2.45) is 36.0 Å². The Morgan fingerprint density at radius 2 is 2.00 bits per heavy atom. The lowest BCUT2D eigenvalue weighted by Crippen LogP contribution is -2.59. The number of likely N-dealkylation sites (tertiary alicyclic amines) is 1. The van der Waals surface area contributed by atoms with Crippen LogP contribution in [0.4, 0.5) is 4.79 Å². The lowest BCUT2D eigenvalue weighted by atomic mass is 9.48. The molecule has 34 heavy (non-hydrogen) atoms. The van der Waals surface area contributed by atoms with Gasteiger partial charge in [-0.2, -0.15) is 0 Å². The molecule has 4 aliphatic carbocycles. The van der Waals surface area contributed by atoms with Gasteiger partial charge in [-0.3, -0.25) is 14.5 Å². The number of ether oxygens (including phenoxy) is 1. The maximum atomic E-state index is 13.3. The SMILES string of the molecule is Cn1ccc(-c2csc([C@H]3CCCN3C(=O)O[C@H]3C4CC5CC3C[C@](C(N)=O)(C5)C4)n2)cc1=O. The predicted octanol–water partition coefficient (Wildman–Crippen LogP) is 3.46. The second-order valence-corrected chi connectivity index (χ2v) is 11.6. The first-order valence-corrected chi connectivity index (χ1v) is 13.1. The van der Waals surface area contributed by atoms with Crippen molar-refractivity contribution in [1.82, 2.24) is 14.5 Å². The van der Waals surface area contributed by atoms with Crippen LogP contribution < -0.4 is 11.3 Å². The minimum absolute atomic E-state index is 0.0769. The molecular formula is C25H30N4O4S. The molecule has 5 fully saturated rings. The summed E-state index contributed by atoms with van der Waals surface area (Å²) in [6, 6.07) is 3.36. The average molecular weight is 483 g/mol. The number of carbonyl (C=O) groups excluding carboxylic acids is 2. The number of amides is 2. The van der Waals surface area contributed by atoms with Crippen LogP contribution >= 0.6 is 11.3 Å². The van der Waals surface area contributed by atoms with Crippen molar-refractivity contribution in [1.29, 1.82) is 0 Å². The molecule has 1 saturated heterocycles. The number of hydrogen-bond acceptors (Lipinski definition) is 6. The van der Waals surface area contributed by atoms with E-state index in [-0.39, 0.29) is 47.0 Å². The molecule has 1 aliphatic heterocycles. The third-order valence-electron chi connectivity index (χ3n) is 8.64. The number of rotatable bonds is 4. The van der Waals surface area contributed by atoms with Gasteiger partial charge in [0.15, 0.2) is 0 Å². The quantitative estimate of drug-likeness (QED) is 0.718. The summed E-state index contributed by atoms with van der Waals surface area (Å²) in [4.78, 5) is 44.2. The second kappa shape index (κ2) is 7.93. The first-order valence-electron chi connectivity index (χ1n) is 12.2. The van der Waals surface area contributed by atoms with E-state index in [2.05, 4.69) is 0 Å². The molecule has 4 bridgehead atoms. The van der Waals surface area contributed by atoms with Gasteiger partial charge in [-0.25, -0.2) is 9.78 Å². The lowest BCUT2D eigenvalue weighted by Gasteiger charge is -2.58. The summed E-state index contributed by atoms with van der Waals surface area (Å²) < 4.78 is 7.70.